The van der Waals surface area contributed by atoms with Gasteiger partial charge in [0.2, 0.25) is 5.91 Å². The van der Waals surface area contributed by atoms with E-state index in [1.807, 2.05) is 0 Å². The number of carboxylic acids is 1. The van der Waals surface area contributed by atoms with Crippen LogP contribution in [0.5, 0.6) is 0 Å². The second-order valence-electron chi connectivity index (χ2n) is 5.62. The average Bonchev–Trinajstić information content (AvgIpc) is 3.08. The predicted molar refractivity (Wildman–Crippen MR) is 67.5 cm³/mol. The van der Waals surface area contributed by atoms with E-state index < -0.39 is 35.3 Å². The SMILES string of the molecule is O=C([O-])[C@H]1[C@H]2C=C[C@]3(CN(c4ccc(F)cc4)C(=O)[C@@H]13)O2. The highest BCUT2D eigenvalue weighted by molar-refractivity contribution is 6.02. The molecule has 3 aliphatic heterocycles. The van der Waals surface area contributed by atoms with Crippen LogP contribution >= 0.6 is 0 Å². The summed E-state index contributed by atoms with van der Waals surface area (Å²) < 4.78 is 18.7. The van der Waals surface area contributed by atoms with Crippen molar-refractivity contribution in [3.05, 3.63) is 42.2 Å². The lowest BCUT2D eigenvalue weighted by molar-refractivity contribution is -0.313. The van der Waals surface area contributed by atoms with Gasteiger partial charge in [-0.3, -0.25) is 4.79 Å². The summed E-state index contributed by atoms with van der Waals surface area (Å²) in [5, 5.41) is 11.3. The molecule has 1 spiro atoms. The minimum absolute atomic E-state index is 0.235. The van der Waals surface area contributed by atoms with Crippen molar-refractivity contribution in [2.45, 2.75) is 11.7 Å². The van der Waals surface area contributed by atoms with Crippen molar-refractivity contribution in [1.82, 2.24) is 0 Å². The van der Waals surface area contributed by atoms with Crippen LogP contribution in [0.1, 0.15) is 0 Å². The van der Waals surface area contributed by atoms with Crippen LogP contribution in [0.2, 0.25) is 0 Å². The molecule has 0 aromatic heterocycles. The molecule has 0 N–H and O–H groups in total. The molecule has 4 rings (SSSR count). The maximum absolute atomic E-state index is 13.0. The molecule has 108 valence electrons. The van der Waals surface area contributed by atoms with Gasteiger partial charge in [-0.2, -0.15) is 0 Å². The fourth-order valence-electron chi connectivity index (χ4n) is 3.61. The zero-order chi connectivity index (χ0) is 14.8. The van der Waals surface area contributed by atoms with Crippen molar-refractivity contribution in [3.63, 3.8) is 0 Å². The van der Waals surface area contributed by atoms with Crippen LogP contribution in [0, 0.1) is 17.7 Å². The number of ether oxygens (including phenoxy) is 1. The van der Waals surface area contributed by atoms with Crippen molar-refractivity contribution in [3.8, 4) is 0 Å². The van der Waals surface area contributed by atoms with Gasteiger partial charge in [0, 0.05) is 17.6 Å². The van der Waals surface area contributed by atoms with Crippen LogP contribution < -0.4 is 10.0 Å². The number of rotatable bonds is 2. The highest BCUT2D eigenvalue weighted by Gasteiger charge is 2.65. The number of aliphatic carboxylic acids is 1. The Morgan fingerprint density at radius 2 is 2.10 bits per heavy atom. The molecule has 2 bridgehead atoms. The minimum atomic E-state index is -1.27. The second kappa shape index (κ2) is 3.92. The maximum atomic E-state index is 13.0. The summed E-state index contributed by atoms with van der Waals surface area (Å²) in [6.45, 7) is 0.235. The Bertz CT molecular complexity index is 671. The van der Waals surface area contributed by atoms with Gasteiger partial charge in [-0.05, 0) is 24.3 Å². The normalized spacial score (nSPS) is 36.3. The van der Waals surface area contributed by atoms with E-state index in [0.717, 1.165) is 0 Å². The third-order valence-electron chi connectivity index (χ3n) is 4.51. The van der Waals surface area contributed by atoms with Gasteiger partial charge in [0.1, 0.15) is 11.4 Å². The monoisotopic (exact) mass is 288 g/mol. The van der Waals surface area contributed by atoms with Gasteiger partial charge in [-0.25, -0.2) is 4.39 Å². The van der Waals surface area contributed by atoms with E-state index in [0.29, 0.717) is 5.69 Å². The Morgan fingerprint density at radius 3 is 2.76 bits per heavy atom. The highest BCUT2D eigenvalue weighted by Crippen LogP contribution is 2.52. The van der Waals surface area contributed by atoms with Gasteiger partial charge >= 0.3 is 0 Å². The molecule has 1 aromatic carbocycles. The molecule has 5 nitrogen and oxygen atoms in total. The molecular weight excluding hydrogens is 277 g/mol. The smallest absolute Gasteiger partial charge is 0.234 e. The van der Waals surface area contributed by atoms with E-state index in [1.165, 1.54) is 29.2 Å². The molecular formula is C15H11FNO4-. The summed E-state index contributed by atoms with van der Waals surface area (Å²) in [6.07, 6.45) is 2.85. The van der Waals surface area contributed by atoms with Crippen LogP contribution in [0.25, 0.3) is 0 Å². The molecule has 0 unspecified atom stereocenters. The summed E-state index contributed by atoms with van der Waals surface area (Å²) in [7, 11) is 0. The Balaban J connectivity index is 1.73. The first-order valence-electron chi connectivity index (χ1n) is 6.67. The first kappa shape index (κ1) is 12.5. The van der Waals surface area contributed by atoms with Crippen LogP contribution in [0.4, 0.5) is 10.1 Å². The minimum Gasteiger partial charge on any atom is -0.550 e. The first-order valence-corrected chi connectivity index (χ1v) is 6.67. The summed E-state index contributed by atoms with van der Waals surface area (Å²) >= 11 is 0. The molecule has 21 heavy (non-hydrogen) atoms. The lowest BCUT2D eigenvalue weighted by Gasteiger charge is -2.24. The fourth-order valence-corrected chi connectivity index (χ4v) is 3.61. The van der Waals surface area contributed by atoms with E-state index in [9.17, 15) is 19.1 Å². The van der Waals surface area contributed by atoms with Gasteiger partial charge < -0.3 is 19.5 Å². The van der Waals surface area contributed by atoms with Gasteiger partial charge in [0.05, 0.1) is 18.6 Å². The molecule has 2 fully saturated rings. The Kier molecular flexibility index (Phi) is 2.34. The number of hydrogen-bond donors (Lipinski definition) is 0. The van der Waals surface area contributed by atoms with Crippen LogP contribution in [0.15, 0.2) is 36.4 Å². The number of amides is 1. The Labute approximate surface area is 119 Å². The molecule has 4 atom stereocenters. The van der Waals surface area contributed by atoms with Crippen molar-refractivity contribution in [2.75, 3.05) is 11.4 Å². The summed E-state index contributed by atoms with van der Waals surface area (Å²) in [4.78, 5) is 25.4. The topological polar surface area (TPSA) is 69.7 Å². The number of benzene rings is 1. The van der Waals surface area contributed by atoms with Gasteiger partial charge in [0.15, 0.2) is 0 Å². The summed E-state index contributed by atoms with van der Waals surface area (Å²) in [5.41, 5.74) is -0.372. The zero-order valence-electron chi connectivity index (χ0n) is 10.9. The molecule has 3 aliphatic rings. The van der Waals surface area contributed by atoms with Gasteiger partial charge in [-0.15, -0.1) is 0 Å². The number of nitrogens with zero attached hydrogens (tertiary/aromatic N) is 1. The van der Waals surface area contributed by atoms with Crippen LogP contribution in [-0.4, -0.2) is 30.1 Å². The standard InChI is InChI=1S/C15H12FNO4/c16-8-1-3-9(4-2-8)17-7-15-6-5-10(21-15)11(14(19)20)12(15)13(17)18/h1-6,10-12H,7H2,(H,19,20)/p-1/t10-,11+,12-,15-/m1/s1. The largest absolute Gasteiger partial charge is 0.550 e. The summed E-state index contributed by atoms with van der Waals surface area (Å²) in [6, 6.07) is 5.52. The Morgan fingerprint density at radius 1 is 1.38 bits per heavy atom. The number of carboxylic acid groups (broad SMARTS) is 1. The van der Waals surface area contributed by atoms with Crippen LogP contribution in [-0.2, 0) is 14.3 Å². The highest BCUT2D eigenvalue weighted by atomic mass is 19.1. The molecule has 3 heterocycles. The van der Waals surface area contributed by atoms with Crippen molar-refractivity contribution in [2.24, 2.45) is 11.8 Å². The van der Waals surface area contributed by atoms with E-state index >= 15 is 0 Å². The zero-order valence-corrected chi connectivity index (χ0v) is 10.9. The van der Waals surface area contributed by atoms with E-state index in [-0.39, 0.29) is 12.5 Å². The third-order valence-corrected chi connectivity index (χ3v) is 4.51. The van der Waals surface area contributed by atoms with Gasteiger partial charge in [-0.1, -0.05) is 12.2 Å². The first-order chi connectivity index (χ1) is 10.0. The molecule has 0 radical (unpaired) electrons. The number of fused-ring (bicyclic) bond motifs is 1. The lowest BCUT2D eigenvalue weighted by Crippen LogP contribution is -2.45. The molecule has 0 aliphatic carbocycles. The predicted octanol–water partition coefficient (Wildman–Crippen LogP) is -0.138. The van der Waals surface area contributed by atoms with Crippen molar-refractivity contribution < 1.29 is 23.8 Å². The molecule has 6 heteroatoms. The lowest BCUT2D eigenvalue weighted by atomic mass is 9.77. The van der Waals surface area contributed by atoms with Crippen LogP contribution in [0.3, 0.4) is 0 Å². The number of halogens is 1. The molecule has 1 amide bonds. The number of anilines is 1. The number of hydrogen-bond acceptors (Lipinski definition) is 4. The van der Waals surface area contributed by atoms with E-state index in [2.05, 4.69) is 0 Å². The molecule has 2 saturated heterocycles. The number of carbonyl (C=O) groups is 2. The van der Waals surface area contributed by atoms with Crippen molar-refractivity contribution >= 4 is 17.6 Å². The second-order valence-corrected chi connectivity index (χ2v) is 5.62. The third kappa shape index (κ3) is 1.53. The van der Waals surface area contributed by atoms with E-state index in [4.69, 9.17) is 4.74 Å². The fraction of sp³-hybridized carbons (Fsp3) is 0.333. The molecule has 1 aromatic rings. The number of carbonyl (C=O) groups excluding carboxylic acids is 2. The van der Waals surface area contributed by atoms with E-state index in [1.54, 1.807) is 12.2 Å². The van der Waals surface area contributed by atoms with Gasteiger partial charge in [0.25, 0.3) is 0 Å². The molecule has 0 saturated carbocycles. The maximum Gasteiger partial charge on any atom is 0.234 e. The average molecular weight is 288 g/mol. The van der Waals surface area contributed by atoms with Crippen molar-refractivity contribution in [1.29, 1.82) is 0 Å². The summed E-state index contributed by atoms with van der Waals surface area (Å²) in [5.74, 6) is -3.72. The quantitative estimate of drug-likeness (QED) is 0.710. The Hall–Kier alpha value is -2.21.